The molecule has 0 spiro atoms. The van der Waals surface area contributed by atoms with E-state index in [0.717, 1.165) is 13.3 Å². The molecule has 2 aromatic heterocycles. The molecule has 1 aromatic carbocycles. The van der Waals surface area contributed by atoms with Gasteiger partial charge in [-0.2, -0.15) is 5.26 Å². The predicted octanol–water partition coefficient (Wildman–Crippen LogP) is -1.43. The molecule has 2 aliphatic heterocycles. The summed E-state index contributed by atoms with van der Waals surface area (Å²) in [7, 11) is 1.90. The van der Waals surface area contributed by atoms with Gasteiger partial charge in [0.15, 0.2) is 24.3 Å². The van der Waals surface area contributed by atoms with E-state index in [-0.39, 0.29) is 35.1 Å². The van der Waals surface area contributed by atoms with Crippen LogP contribution in [0.1, 0.15) is 33.6 Å². The standard InChI is InChI=1S/C38H50N8O13S/c1-19-10-13-45(28(50)9-12-39)15-26(19)44(4)33-24-11-14-46(34(24)41-18-40-33)38(60)57-23-7-5-22(6-8-23)43-35(54)32-30(52)29(51)31(53)37(59-32)56-17-25(42-21(3)49)36(55)58-27(16-47)20(2)48/h5-8,11,14,18-20,25-27,29-32,36-37,47-48,51-53,55H,9-10,13,15-17H2,1-4H3,(H,42,49)(H,43,54)/t19-,20+,25+,26+,27?,29?,30?,31?,32?,36?,37?/m1/s1. The number of nitriles is 1. The quantitative estimate of drug-likeness (QED) is 0.0642. The summed E-state index contributed by atoms with van der Waals surface area (Å²) in [5.74, 6) is -0.574. The van der Waals surface area contributed by atoms with Crippen molar-refractivity contribution < 1.29 is 64.0 Å². The van der Waals surface area contributed by atoms with Crippen molar-refractivity contribution in [2.75, 3.05) is 43.6 Å². The molecule has 60 heavy (non-hydrogen) atoms. The minimum atomic E-state index is -1.91. The van der Waals surface area contributed by atoms with Crippen molar-refractivity contribution in [2.45, 2.75) is 94.9 Å². The fourth-order valence-electron chi connectivity index (χ4n) is 6.89. The minimum absolute atomic E-state index is 0.0294. The largest absolute Gasteiger partial charge is 0.431 e. The van der Waals surface area contributed by atoms with Gasteiger partial charge in [0.05, 0.1) is 36.8 Å². The second-order valence-electron chi connectivity index (χ2n) is 14.6. The number of ether oxygens (including phenoxy) is 4. The molecule has 3 aromatic rings. The van der Waals surface area contributed by atoms with Crippen molar-refractivity contribution in [2.24, 2.45) is 5.92 Å². The number of fused-ring (bicyclic) bond motifs is 1. The molecule has 5 rings (SSSR count). The SMILES string of the molecule is CC(=O)N[C@@H](COC1OC(C(=O)Nc2ccc(OC(=S)n3ccc4c(N(C)[C@H]5CN(C(=O)CC#N)CC[C@H]5C)ncnc43)cc2)C(O)C(O)C1O)C(O)OC(CO)[C@H](C)O. The van der Waals surface area contributed by atoms with E-state index in [9.17, 15) is 45.0 Å². The van der Waals surface area contributed by atoms with Crippen LogP contribution in [0.5, 0.6) is 5.75 Å². The van der Waals surface area contributed by atoms with E-state index in [1.54, 1.807) is 21.7 Å². The number of hydrogen-bond acceptors (Lipinski definition) is 18. The van der Waals surface area contributed by atoms with E-state index in [1.165, 1.54) is 37.5 Å². The number of likely N-dealkylation sites (N-methyl/N-ethyl adjacent to an activating group) is 1. The van der Waals surface area contributed by atoms with Crippen LogP contribution in [0.4, 0.5) is 11.5 Å². The first-order valence-electron chi connectivity index (χ1n) is 19.1. The Morgan fingerprint density at radius 3 is 2.48 bits per heavy atom. The highest BCUT2D eigenvalue weighted by atomic mass is 32.1. The first-order chi connectivity index (χ1) is 28.5. The molecular weight excluding hydrogens is 809 g/mol. The topological polar surface area (TPSA) is 295 Å². The van der Waals surface area contributed by atoms with E-state index in [0.29, 0.717) is 35.7 Å². The zero-order valence-corrected chi connectivity index (χ0v) is 34.1. The van der Waals surface area contributed by atoms with Crippen molar-refractivity contribution >= 4 is 57.7 Å². The smallest absolute Gasteiger partial charge is 0.274 e. The monoisotopic (exact) mass is 858 g/mol. The van der Waals surface area contributed by atoms with Crippen LogP contribution in [-0.4, -0.2) is 168 Å². The number of likely N-dealkylation sites (tertiary alicyclic amines) is 1. The van der Waals surface area contributed by atoms with Gasteiger partial charge in [0.1, 0.15) is 54.8 Å². The van der Waals surface area contributed by atoms with Crippen molar-refractivity contribution in [1.29, 1.82) is 5.26 Å². The Morgan fingerprint density at radius 1 is 1.12 bits per heavy atom. The van der Waals surface area contributed by atoms with Gasteiger partial charge < -0.3 is 70.0 Å². The van der Waals surface area contributed by atoms with Gasteiger partial charge in [-0.1, -0.05) is 6.92 Å². The number of aliphatic hydroxyl groups is 6. The maximum absolute atomic E-state index is 13.3. The van der Waals surface area contributed by atoms with Gasteiger partial charge in [0, 0.05) is 38.9 Å². The molecule has 7 unspecified atom stereocenters. The summed E-state index contributed by atoms with van der Waals surface area (Å²) in [6.45, 7) is 4.34. The molecule has 8 N–H and O–H groups in total. The highest BCUT2D eigenvalue weighted by Gasteiger charge is 2.48. The molecule has 326 valence electrons. The van der Waals surface area contributed by atoms with E-state index in [1.807, 2.05) is 18.0 Å². The van der Waals surface area contributed by atoms with Crippen molar-refractivity contribution in [3.05, 3.63) is 42.9 Å². The Morgan fingerprint density at radius 2 is 1.83 bits per heavy atom. The lowest BCUT2D eigenvalue weighted by Crippen LogP contribution is -2.62. The third-order valence-electron chi connectivity index (χ3n) is 10.4. The average molecular weight is 859 g/mol. The van der Waals surface area contributed by atoms with E-state index in [2.05, 4.69) is 27.5 Å². The van der Waals surface area contributed by atoms with E-state index in [4.69, 9.17) is 36.4 Å². The summed E-state index contributed by atoms with van der Waals surface area (Å²) in [5, 5.41) is 76.1. The molecule has 2 saturated heterocycles. The second-order valence-corrected chi connectivity index (χ2v) is 15.0. The first kappa shape index (κ1) is 46.1. The summed E-state index contributed by atoms with van der Waals surface area (Å²) in [6, 6.07) is 8.34. The predicted molar refractivity (Wildman–Crippen MR) is 214 cm³/mol. The number of nitrogens with one attached hydrogen (secondary N) is 2. The Kier molecular flexibility index (Phi) is 15.8. The summed E-state index contributed by atoms with van der Waals surface area (Å²) in [6.07, 6.45) is -9.67. The zero-order valence-electron chi connectivity index (χ0n) is 33.3. The minimum Gasteiger partial charge on any atom is -0.431 e. The molecular formula is C38H50N8O13S. The normalized spacial score (nSPS) is 25.0. The Balaban J connectivity index is 1.21. The Hall–Kier alpha value is -4.93. The van der Waals surface area contributed by atoms with Crippen molar-refractivity contribution in [3.63, 3.8) is 0 Å². The van der Waals surface area contributed by atoms with Crippen LogP contribution in [0.25, 0.3) is 11.0 Å². The number of thiocarbonyl (C=S) groups is 1. The first-order valence-corrected chi connectivity index (χ1v) is 19.5. The van der Waals surface area contributed by atoms with Crippen LogP contribution >= 0.6 is 12.2 Å². The number of aliphatic hydroxyl groups excluding tert-OH is 6. The van der Waals surface area contributed by atoms with Crippen LogP contribution in [0, 0.1) is 17.2 Å². The fourth-order valence-corrected chi connectivity index (χ4v) is 7.14. The van der Waals surface area contributed by atoms with E-state index < -0.39 is 80.3 Å². The van der Waals surface area contributed by atoms with Crippen LogP contribution in [-0.2, 0) is 28.6 Å². The van der Waals surface area contributed by atoms with E-state index >= 15 is 0 Å². The Labute approximate surface area is 350 Å². The lowest BCUT2D eigenvalue weighted by atomic mass is 9.92. The molecule has 3 amide bonds. The molecule has 0 aliphatic carbocycles. The zero-order chi connectivity index (χ0) is 43.8. The summed E-state index contributed by atoms with van der Waals surface area (Å²) < 4.78 is 23.8. The highest BCUT2D eigenvalue weighted by molar-refractivity contribution is 7.80. The number of carbonyl (C=O) groups excluding carboxylic acids is 3. The third kappa shape index (κ3) is 10.9. The van der Waals surface area contributed by atoms with Gasteiger partial charge in [-0.25, -0.2) is 9.97 Å². The summed E-state index contributed by atoms with van der Waals surface area (Å²) in [4.78, 5) is 50.3. The van der Waals surface area contributed by atoms with Gasteiger partial charge in [0.2, 0.25) is 11.8 Å². The lowest BCUT2D eigenvalue weighted by Gasteiger charge is -2.42. The third-order valence-corrected chi connectivity index (χ3v) is 10.6. The molecule has 0 saturated carbocycles. The molecule has 0 bridgehead atoms. The van der Waals surface area contributed by atoms with Crippen LogP contribution in [0.3, 0.4) is 0 Å². The number of piperidine rings is 1. The number of aromatic nitrogens is 3. The maximum atomic E-state index is 13.3. The molecule has 22 heteroatoms. The molecule has 2 aliphatic rings. The molecule has 0 radical (unpaired) electrons. The van der Waals surface area contributed by atoms with Crippen molar-refractivity contribution in [3.8, 4) is 11.8 Å². The highest BCUT2D eigenvalue weighted by Crippen LogP contribution is 2.30. The number of benzene rings is 1. The van der Waals surface area contributed by atoms with Crippen LogP contribution in [0.15, 0.2) is 42.9 Å². The summed E-state index contributed by atoms with van der Waals surface area (Å²) >= 11 is 5.61. The van der Waals surface area contributed by atoms with Crippen LogP contribution < -0.4 is 20.3 Å². The van der Waals surface area contributed by atoms with Crippen molar-refractivity contribution in [1.82, 2.24) is 24.8 Å². The fraction of sp³-hybridized carbons (Fsp3) is 0.553. The molecule has 4 heterocycles. The maximum Gasteiger partial charge on any atom is 0.274 e. The number of carbonyl (C=O) groups is 3. The lowest BCUT2D eigenvalue weighted by molar-refractivity contribution is -0.294. The van der Waals surface area contributed by atoms with Gasteiger partial charge in [-0.05, 0) is 61.8 Å². The molecule has 21 nitrogen and oxygen atoms in total. The Bertz CT molecular complexity index is 2020. The van der Waals surface area contributed by atoms with Gasteiger partial charge in [-0.15, -0.1) is 0 Å². The second kappa shape index (κ2) is 20.6. The van der Waals surface area contributed by atoms with Gasteiger partial charge >= 0.3 is 0 Å². The number of hydrogen-bond donors (Lipinski definition) is 8. The van der Waals surface area contributed by atoms with Gasteiger partial charge in [-0.3, -0.25) is 19.0 Å². The number of anilines is 2. The molecule has 2 fully saturated rings. The van der Waals surface area contributed by atoms with Crippen LogP contribution in [0.2, 0.25) is 0 Å². The number of rotatable bonds is 15. The summed E-state index contributed by atoms with van der Waals surface area (Å²) in [5.41, 5.74) is 0.704. The number of nitrogens with zero attached hydrogens (tertiary/aromatic N) is 6. The molecule has 11 atom stereocenters. The average Bonchev–Trinajstić information content (AvgIpc) is 3.66. The number of amides is 3. The van der Waals surface area contributed by atoms with Gasteiger partial charge in [0.25, 0.3) is 11.1 Å².